The fourth-order valence-electron chi connectivity index (χ4n) is 3.35. The third-order valence-electron chi connectivity index (χ3n) is 4.51. The van der Waals surface area contributed by atoms with E-state index in [-0.39, 0.29) is 5.75 Å². The van der Waals surface area contributed by atoms with Crippen molar-refractivity contribution in [2.75, 3.05) is 18.8 Å². The van der Waals surface area contributed by atoms with Crippen molar-refractivity contribution in [2.45, 2.75) is 18.8 Å². The van der Waals surface area contributed by atoms with Crippen LogP contribution in [0.15, 0.2) is 30.3 Å². The molecule has 0 radical (unpaired) electrons. The summed E-state index contributed by atoms with van der Waals surface area (Å²) in [5, 5.41) is 21.5. The Morgan fingerprint density at radius 1 is 1.26 bits per heavy atom. The Kier molecular flexibility index (Phi) is 3.38. The van der Waals surface area contributed by atoms with Gasteiger partial charge in [-0.15, -0.1) is 0 Å². The first kappa shape index (κ1) is 14.0. The number of hydrogen-bond acceptors (Lipinski definition) is 5. The van der Waals surface area contributed by atoms with Crippen LogP contribution in [0.1, 0.15) is 24.3 Å². The molecule has 6 nitrogen and oxygen atoms in total. The molecule has 1 aliphatic rings. The third-order valence-corrected chi connectivity index (χ3v) is 4.51. The van der Waals surface area contributed by atoms with Crippen molar-refractivity contribution in [1.29, 1.82) is 0 Å². The van der Waals surface area contributed by atoms with Gasteiger partial charge in [-0.05, 0) is 49.1 Å². The second-order valence-corrected chi connectivity index (χ2v) is 5.99. The molecule has 2 aromatic heterocycles. The van der Waals surface area contributed by atoms with Crippen molar-refractivity contribution >= 4 is 16.9 Å². The standard InChI is InChI=1S/C17H19N5O/c18-16-15-12(10-4-3-7-19-9-10)8-13(20-17(15)22-21-16)11-5-1-2-6-14(11)23/h1-2,5-6,8,10,19,23H,3-4,7,9H2,(H3,18,20,21,22). The average Bonchev–Trinajstić information content (AvgIpc) is 2.96. The number of anilines is 1. The van der Waals surface area contributed by atoms with Crippen molar-refractivity contribution in [3.05, 3.63) is 35.9 Å². The summed E-state index contributed by atoms with van der Waals surface area (Å²) in [6.45, 7) is 1.97. The number of nitrogen functional groups attached to an aromatic ring is 1. The summed E-state index contributed by atoms with van der Waals surface area (Å²) in [7, 11) is 0. The number of aromatic nitrogens is 3. The van der Waals surface area contributed by atoms with Crippen molar-refractivity contribution in [1.82, 2.24) is 20.5 Å². The van der Waals surface area contributed by atoms with Crippen molar-refractivity contribution in [3.63, 3.8) is 0 Å². The van der Waals surface area contributed by atoms with E-state index in [0.717, 1.165) is 42.6 Å². The minimum atomic E-state index is 0.222. The number of para-hydroxylation sites is 1. The Balaban J connectivity index is 1.92. The molecule has 6 heteroatoms. The number of phenolic OH excluding ortho intramolecular Hbond substituents is 1. The third kappa shape index (κ3) is 2.41. The zero-order valence-corrected chi connectivity index (χ0v) is 12.7. The molecule has 1 unspecified atom stereocenters. The lowest BCUT2D eigenvalue weighted by molar-refractivity contribution is 0.463. The first-order valence-electron chi connectivity index (χ1n) is 7.87. The Morgan fingerprint density at radius 2 is 2.13 bits per heavy atom. The van der Waals surface area contributed by atoms with Gasteiger partial charge in [-0.2, -0.15) is 5.10 Å². The van der Waals surface area contributed by atoms with Gasteiger partial charge in [0.1, 0.15) is 5.75 Å². The molecule has 0 spiro atoms. The molecular weight excluding hydrogens is 290 g/mol. The maximum absolute atomic E-state index is 10.1. The van der Waals surface area contributed by atoms with Crippen LogP contribution in [0.3, 0.4) is 0 Å². The first-order valence-corrected chi connectivity index (χ1v) is 7.87. The molecule has 4 rings (SSSR count). The largest absolute Gasteiger partial charge is 0.507 e. The molecule has 23 heavy (non-hydrogen) atoms. The van der Waals surface area contributed by atoms with Gasteiger partial charge >= 0.3 is 0 Å². The Bertz CT molecular complexity index is 851. The number of nitrogens with one attached hydrogen (secondary N) is 2. The SMILES string of the molecule is Nc1n[nH]c2nc(-c3ccccc3O)cc(C3CCCNC3)c12. The first-order chi connectivity index (χ1) is 11.2. The van der Waals surface area contributed by atoms with Crippen LogP contribution in [-0.2, 0) is 0 Å². The molecule has 1 aliphatic heterocycles. The Hall–Kier alpha value is -2.60. The van der Waals surface area contributed by atoms with Crippen LogP contribution < -0.4 is 11.1 Å². The Labute approximate surface area is 133 Å². The summed E-state index contributed by atoms with van der Waals surface area (Å²) in [4.78, 5) is 4.60. The maximum atomic E-state index is 10.1. The smallest absolute Gasteiger partial charge is 0.158 e. The van der Waals surface area contributed by atoms with Gasteiger partial charge in [0.15, 0.2) is 11.5 Å². The number of piperidine rings is 1. The number of nitrogens with zero attached hydrogens (tertiary/aromatic N) is 2. The molecule has 1 fully saturated rings. The van der Waals surface area contributed by atoms with Gasteiger partial charge in [0.2, 0.25) is 0 Å². The molecule has 0 aliphatic carbocycles. The van der Waals surface area contributed by atoms with Gasteiger partial charge in [0.25, 0.3) is 0 Å². The van der Waals surface area contributed by atoms with E-state index in [9.17, 15) is 5.11 Å². The number of phenols is 1. The van der Waals surface area contributed by atoms with E-state index in [1.54, 1.807) is 12.1 Å². The van der Waals surface area contributed by atoms with Gasteiger partial charge in [-0.3, -0.25) is 5.10 Å². The summed E-state index contributed by atoms with van der Waals surface area (Å²) < 4.78 is 0. The predicted octanol–water partition coefficient (Wildman–Crippen LogP) is 2.38. The normalized spacial score (nSPS) is 18.3. The molecule has 1 atom stereocenters. The summed E-state index contributed by atoms with van der Waals surface area (Å²) in [6, 6.07) is 9.28. The van der Waals surface area contributed by atoms with E-state index in [4.69, 9.17) is 5.73 Å². The van der Waals surface area contributed by atoms with Crippen LogP contribution in [0, 0.1) is 0 Å². The summed E-state index contributed by atoms with van der Waals surface area (Å²) in [5.74, 6) is 1.08. The molecular formula is C17H19N5O. The lowest BCUT2D eigenvalue weighted by Gasteiger charge is -2.24. The second-order valence-electron chi connectivity index (χ2n) is 5.99. The number of aromatic amines is 1. The van der Waals surface area contributed by atoms with Gasteiger partial charge in [0.05, 0.1) is 11.1 Å². The summed E-state index contributed by atoms with van der Waals surface area (Å²) in [5.41, 5.74) is 9.32. The second kappa shape index (κ2) is 5.55. The number of pyridine rings is 1. The highest BCUT2D eigenvalue weighted by molar-refractivity contribution is 5.92. The van der Waals surface area contributed by atoms with Gasteiger partial charge < -0.3 is 16.2 Å². The number of hydrogen-bond donors (Lipinski definition) is 4. The van der Waals surface area contributed by atoms with Gasteiger partial charge in [0, 0.05) is 12.1 Å². The summed E-state index contributed by atoms with van der Waals surface area (Å²) in [6.07, 6.45) is 2.25. The van der Waals surface area contributed by atoms with E-state index in [2.05, 4.69) is 20.5 Å². The molecule has 118 valence electrons. The van der Waals surface area contributed by atoms with E-state index in [1.165, 1.54) is 0 Å². The average molecular weight is 309 g/mol. The molecule has 3 heterocycles. The highest BCUT2D eigenvalue weighted by Gasteiger charge is 2.22. The van der Waals surface area contributed by atoms with E-state index in [0.29, 0.717) is 22.9 Å². The van der Waals surface area contributed by atoms with Crippen molar-refractivity contribution in [2.24, 2.45) is 0 Å². The number of H-pyrrole nitrogens is 1. The molecule has 1 saturated heterocycles. The van der Waals surface area contributed by atoms with Crippen LogP contribution in [0.5, 0.6) is 5.75 Å². The summed E-state index contributed by atoms with van der Waals surface area (Å²) >= 11 is 0. The quantitative estimate of drug-likeness (QED) is 0.582. The molecule has 5 N–H and O–H groups in total. The number of nitrogens with two attached hydrogens (primary N) is 1. The van der Waals surface area contributed by atoms with Crippen molar-refractivity contribution in [3.8, 4) is 17.0 Å². The van der Waals surface area contributed by atoms with E-state index >= 15 is 0 Å². The number of benzene rings is 1. The Morgan fingerprint density at radius 3 is 2.91 bits per heavy atom. The van der Waals surface area contributed by atoms with Crippen LogP contribution in [0.2, 0.25) is 0 Å². The molecule has 0 amide bonds. The van der Waals surface area contributed by atoms with E-state index in [1.807, 2.05) is 18.2 Å². The number of aromatic hydroxyl groups is 1. The van der Waals surface area contributed by atoms with Gasteiger partial charge in [-0.1, -0.05) is 12.1 Å². The van der Waals surface area contributed by atoms with Crippen molar-refractivity contribution < 1.29 is 5.11 Å². The highest BCUT2D eigenvalue weighted by Crippen LogP contribution is 2.36. The monoisotopic (exact) mass is 309 g/mol. The fraction of sp³-hybridized carbons (Fsp3) is 0.294. The number of rotatable bonds is 2. The predicted molar refractivity (Wildman–Crippen MR) is 90.2 cm³/mol. The van der Waals surface area contributed by atoms with Crippen LogP contribution in [-0.4, -0.2) is 33.4 Å². The highest BCUT2D eigenvalue weighted by atomic mass is 16.3. The molecule has 0 saturated carbocycles. The molecule has 1 aromatic carbocycles. The van der Waals surface area contributed by atoms with E-state index < -0.39 is 0 Å². The van der Waals surface area contributed by atoms with Crippen LogP contribution >= 0.6 is 0 Å². The molecule has 3 aromatic rings. The zero-order valence-electron chi connectivity index (χ0n) is 12.7. The molecule has 0 bridgehead atoms. The fourth-order valence-corrected chi connectivity index (χ4v) is 3.35. The zero-order chi connectivity index (χ0) is 15.8. The lowest BCUT2D eigenvalue weighted by Crippen LogP contribution is -2.28. The van der Waals surface area contributed by atoms with Gasteiger partial charge in [-0.25, -0.2) is 4.98 Å². The van der Waals surface area contributed by atoms with Crippen LogP contribution in [0.4, 0.5) is 5.82 Å². The minimum absolute atomic E-state index is 0.222. The lowest BCUT2D eigenvalue weighted by atomic mass is 9.89. The number of fused-ring (bicyclic) bond motifs is 1. The van der Waals surface area contributed by atoms with Crippen LogP contribution in [0.25, 0.3) is 22.3 Å². The topological polar surface area (TPSA) is 99.9 Å². The minimum Gasteiger partial charge on any atom is -0.507 e. The maximum Gasteiger partial charge on any atom is 0.158 e.